The number of carbonyl (C=O) groups excluding carboxylic acids is 1. The number of nitrogens with one attached hydrogen (secondary N) is 1. The minimum absolute atomic E-state index is 0.124. The maximum atomic E-state index is 13.8. The van der Waals surface area contributed by atoms with E-state index in [2.05, 4.69) is 15.3 Å². The van der Waals surface area contributed by atoms with Gasteiger partial charge in [0.15, 0.2) is 16.8 Å². The van der Waals surface area contributed by atoms with Crippen molar-refractivity contribution in [3.8, 4) is 5.88 Å². The molecule has 0 fully saturated rings. The second-order valence-electron chi connectivity index (χ2n) is 7.12. The SMILES string of the molecule is CC(CNC(=O)OC(C)(C)C)Oc1cc(Cl)nc(SCc2cccc(F)c2F)n1. The molecule has 1 amide bonds. The van der Waals surface area contributed by atoms with Crippen LogP contribution in [0.3, 0.4) is 0 Å². The second-order valence-corrected chi connectivity index (χ2v) is 8.45. The second kappa shape index (κ2) is 10.1. The topological polar surface area (TPSA) is 73.3 Å². The van der Waals surface area contributed by atoms with Crippen molar-refractivity contribution >= 4 is 29.5 Å². The van der Waals surface area contributed by atoms with Gasteiger partial charge in [-0.1, -0.05) is 35.5 Å². The van der Waals surface area contributed by atoms with Crippen LogP contribution in [0.2, 0.25) is 5.15 Å². The van der Waals surface area contributed by atoms with E-state index in [9.17, 15) is 13.6 Å². The first-order valence-corrected chi connectivity index (χ1v) is 10.1. The van der Waals surface area contributed by atoms with Gasteiger partial charge >= 0.3 is 6.09 Å². The number of hydrogen-bond acceptors (Lipinski definition) is 6. The Hall–Kier alpha value is -2.13. The van der Waals surface area contributed by atoms with Gasteiger partial charge in [-0.25, -0.2) is 18.6 Å². The van der Waals surface area contributed by atoms with Gasteiger partial charge in [0.1, 0.15) is 16.9 Å². The molecule has 0 aliphatic heterocycles. The van der Waals surface area contributed by atoms with Crippen LogP contribution >= 0.6 is 23.4 Å². The highest BCUT2D eigenvalue weighted by molar-refractivity contribution is 7.98. The molecule has 1 atom stereocenters. The van der Waals surface area contributed by atoms with Crippen molar-refractivity contribution in [1.29, 1.82) is 0 Å². The van der Waals surface area contributed by atoms with E-state index in [4.69, 9.17) is 21.1 Å². The van der Waals surface area contributed by atoms with Crippen LogP contribution in [0.15, 0.2) is 29.4 Å². The number of nitrogens with zero attached hydrogens (tertiary/aromatic N) is 2. The summed E-state index contributed by atoms with van der Waals surface area (Å²) in [6, 6.07) is 5.40. The van der Waals surface area contributed by atoms with Crippen LogP contribution in [-0.4, -0.2) is 34.3 Å². The molecule has 10 heteroatoms. The highest BCUT2D eigenvalue weighted by Crippen LogP contribution is 2.26. The molecular formula is C19H22ClF2N3O3S. The van der Waals surface area contributed by atoms with Crippen molar-refractivity contribution in [2.24, 2.45) is 0 Å². The quantitative estimate of drug-likeness (QED) is 0.367. The van der Waals surface area contributed by atoms with E-state index in [0.717, 1.165) is 17.8 Å². The average molecular weight is 446 g/mol. The number of hydrogen-bond donors (Lipinski definition) is 1. The molecular weight excluding hydrogens is 424 g/mol. The Kier molecular flexibility index (Phi) is 8.04. The monoisotopic (exact) mass is 445 g/mol. The molecule has 0 aliphatic carbocycles. The molecule has 0 aliphatic rings. The largest absolute Gasteiger partial charge is 0.473 e. The zero-order valence-corrected chi connectivity index (χ0v) is 18.0. The van der Waals surface area contributed by atoms with E-state index in [1.165, 1.54) is 18.2 Å². The lowest BCUT2D eigenvalue weighted by molar-refractivity contribution is 0.0503. The standard InChI is InChI=1S/C19H22ClF2N3O3S/c1-11(9-23-18(26)28-19(2,3)4)27-15-8-14(20)24-17(25-15)29-10-12-6-5-7-13(21)16(12)22/h5-8,11H,9-10H2,1-4H3,(H,23,26). The van der Waals surface area contributed by atoms with Crippen molar-refractivity contribution < 1.29 is 23.0 Å². The zero-order valence-electron chi connectivity index (χ0n) is 16.5. The van der Waals surface area contributed by atoms with Gasteiger partial charge in [-0.05, 0) is 33.8 Å². The van der Waals surface area contributed by atoms with Crippen LogP contribution in [0.25, 0.3) is 0 Å². The fourth-order valence-electron chi connectivity index (χ4n) is 2.09. The molecule has 1 aromatic carbocycles. The number of carbonyl (C=O) groups is 1. The number of benzene rings is 1. The summed E-state index contributed by atoms with van der Waals surface area (Å²) in [4.78, 5) is 20.0. The lowest BCUT2D eigenvalue weighted by atomic mass is 10.2. The van der Waals surface area contributed by atoms with Gasteiger partial charge in [-0.3, -0.25) is 0 Å². The third-order valence-corrected chi connectivity index (χ3v) is 4.38. The first-order chi connectivity index (χ1) is 13.5. The fourth-order valence-corrected chi connectivity index (χ4v) is 3.14. The van der Waals surface area contributed by atoms with Crippen molar-refractivity contribution in [2.75, 3.05) is 6.54 Å². The van der Waals surface area contributed by atoms with Gasteiger partial charge in [0, 0.05) is 17.4 Å². The predicted molar refractivity (Wildman–Crippen MR) is 107 cm³/mol. The molecule has 2 rings (SSSR count). The lowest BCUT2D eigenvalue weighted by Gasteiger charge is -2.21. The molecule has 29 heavy (non-hydrogen) atoms. The Morgan fingerprint density at radius 2 is 2.03 bits per heavy atom. The van der Waals surface area contributed by atoms with E-state index in [-0.39, 0.29) is 34.1 Å². The van der Waals surface area contributed by atoms with Crippen LogP contribution in [0.5, 0.6) is 5.88 Å². The van der Waals surface area contributed by atoms with Crippen LogP contribution in [0.1, 0.15) is 33.3 Å². The van der Waals surface area contributed by atoms with E-state index in [1.807, 2.05) is 0 Å². The Bertz CT molecular complexity index is 865. The number of thioether (sulfide) groups is 1. The van der Waals surface area contributed by atoms with E-state index in [1.54, 1.807) is 27.7 Å². The fraction of sp³-hybridized carbons (Fsp3) is 0.421. The maximum Gasteiger partial charge on any atom is 0.407 e. The molecule has 0 saturated heterocycles. The molecule has 0 spiro atoms. The summed E-state index contributed by atoms with van der Waals surface area (Å²) in [7, 11) is 0. The average Bonchev–Trinajstić information content (AvgIpc) is 2.59. The smallest absolute Gasteiger partial charge is 0.407 e. The minimum atomic E-state index is -0.912. The highest BCUT2D eigenvalue weighted by Gasteiger charge is 2.17. The summed E-state index contributed by atoms with van der Waals surface area (Å²) in [5.41, 5.74) is -0.405. The van der Waals surface area contributed by atoms with Crippen molar-refractivity contribution in [1.82, 2.24) is 15.3 Å². The van der Waals surface area contributed by atoms with Gasteiger partial charge in [-0.2, -0.15) is 4.98 Å². The number of alkyl carbamates (subject to hydrolysis) is 1. The molecule has 1 N–H and O–H groups in total. The maximum absolute atomic E-state index is 13.8. The summed E-state index contributed by atoms with van der Waals surface area (Å²) in [6.45, 7) is 7.23. The Morgan fingerprint density at radius 3 is 2.72 bits per heavy atom. The Balaban J connectivity index is 1.94. The molecule has 1 heterocycles. The molecule has 1 unspecified atom stereocenters. The summed E-state index contributed by atoms with van der Waals surface area (Å²) in [5.74, 6) is -1.49. The van der Waals surface area contributed by atoms with Gasteiger partial charge in [0.25, 0.3) is 0 Å². The number of aromatic nitrogens is 2. The summed E-state index contributed by atoms with van der Waals surface area (Å²) in [5, 5.41) is 3.00. The van der Waals surface area contributed by atoms with E-state index >= 15 is 0 Å². The third-order valence-electron chi connectivity index (χ3n) is 3.29. The summed E-state index contributed by atoms with van der Waals surface area (Å²) >= 11 is 7.10. The van der Waals surface area contributed by atoms with Crippen molar-refractivity contribution in [3.05, 3.63) is 46.6 Å². The molecule has 1 aromatic heterocycles. The van der Waals surface area contributed by atoms with Gasteiger partial charge in [-0.15, -0.1) is 0 Å². The van der Waals surface area contributed by atoms with Crippen LogP contribution in [0.4, 0.5) is 13.6 Å². The summed E-state index contributed by atoms with van der Waals surface area (Å²) in [6.07, 6.45) is -0.978. The number of ether oxygens (including phenoxy) is 2. The molecule has 6 nitrogen and oxygen atoms in total. The normalized spacial score (nSPS) is 12.4. The van der Waals surface area contributed by atoms with Gasteiger partial charge in [0.05, 0.1) is 6.54 Å². The minimum Gasteiger partial charge on any atom is -0.473 e. The number of halogens is 3. The number of amides is 1. The van der Waals surface area contributed by atoms with E-state index < -0.39 is 29.4 Å². The Morgan fingerprint density at radius 1 is 1.31 bits per heavy atom. The zero-order chi connectivity index (χ0) is 21.6. The molecule has 0 saturated carbocycles. The van der Waals surface area contributed by atoms with Gasteiger partial charge in [0.2, 0.25) is 5.88 Å². The highest BCUT2D eigenvalue weighted by atomic mass is 35.5. The molecule has 0 bridgehead atoms. The van der Waals surface area contributed by atoms with E-state index in [0.29, 0.717) is 0 Å². The van der Waals surface area contributed by atoms with Crippen molar-refractivity contribution in [2.45, 2.75) is 50.3 Å². The molecule has 0 radical (unpaired) electrons. The van der Waals surface area contributed by atoms with Crippen molar-refractivity contribution in [3.63, 3.8) is 0 Å². The van der Waals surface area contributed by atoms with Crippen LogP contribution in [0, 0.1) is 11.6 Å². The summed E-state index contributed by atoms with van der Waals surface area (Å²) < 4.78 is 37.9. The molecule has 158 valence electrons. The van der Waals surface area contributed by atoms with Gasteiger partial charge < -0.3 is 14.8 Å². The first kappa shape index (κ1) is 23.2. The third kappa shape index (κ3) is 8.02. The van der Waals surface area contributed by atoms with Crippen LogP contribution < -0.4 is 10.1 Å². The first-order valence-electron chi connectivity index (χ1n) is 8.77. The predicted octanol–water partition coefficient (Wildman–Crippen LogP) is 4.99. The Labute approximate surface area is 177 Å². The lowest BCUT2D eigenvalue weighted by Crippen LogP contribution is -2.37. The number of rotatable bonds is 7. The molecule has 2 aromatic rings. The van der Waals surface area contributed by atoms with Crippen LogP contribution in [-0.2, 0) is 10.5 Å².